The lowest BCUT2D eigenvalue weighted by Crippen LogP contribution is -2.32. The number of benzene rings is 3. The number of ether oxygens (including phenoxy) is 2. The highest BCUT2D eigenvalue weighted by Crippen LogP contribution is 2.42. The summed E-state index contributed by atoms with van der Waals surface area (Å²) in [5.74, 6) is 1.66. The summed E-state index contributed by atoms with van der Waals surface area (Å²) in [6, 6.07) is 22.2. The third-order valence-electron chi connectivity index (χ3n) is 7.60. The van der Waals surface area contributed by atoms with Crippen LogP contribution in [0.5, 0.6) is 11.5 Å². The number of hydrogen-bond donors (Lipinski definition) is 1. The van der Waals surface area contributed by atoms with E-state index < -0.39 is 0 Å². The van der Waals surface area contributed by atoms with E-state index in [-0.39, 0.29) is 6.04 Å². The summed E-state index contributed by atoms with van der Waals surface area (Å²) in [5, 5.41) is 1.34. The lowest BCUT2D eigenvalue weighted by molar-refractivity contribution is 0.174. The maximum absolute atomic E-state index is 5.72. The first-order valence-electron chi connectivity index (χ1n) is 12.4. The summed E-state index contributed by atoms with van der Waals surface area (Å²) in [6.07, 6.45) is 10.4. The first-order chi connectivity index (χ1) is 16.8. The first kappa shape index (κ1) is 19.8. The second kappa shape index (κ2) is 7.98. The third-order valence-corrected chi connectivity index (χ3v) is 7.60. The molecule has 1 aliphatic carbocycles. The zero-order valence-corrected chi connectivity index (χ0v) is 19.2. The predicted molar refractivity (Wildman–Crippen MR) is 134 cm³/mol. The number of nitrogens with one attached hydrogen (secondary N) is 1. The second-order valence-electron chi connectivity index (χ2n) is 9.61. The van der Waals surface area contributed by atoms with Crippen LogP contribution in [-0.2, 0) is 25.7 Å². The largest absolute Gasteiger partial charge is 0.454 e. The number of nitrogens with zero attached hydrogens (tertiary/aromatic N) is 1. The lowest BCUT2D eigenvalue weighted by Gasteiger charge is -2.35. The van der Waals surface area contributed by atoms with Gasteiger partial charge in [-0.2, -0.15) is 0 Å². The molecule has 4 nitrogen and oxygen atoms in total. The zero-order chi connectivity index (χ0) is 22.5. The molecular formula is C30H28N2O2. The smallest absolute Gasteiger partial charge is 0.231 e. The number of aryl methyl sites for hydroxylation is 2. The number of allylic oxidation sites excluding steroid dienone is 1. The van der Waals surface area contributed by atoms with Crippen LogP contribution in [0, 0.1) is 0 Å². The molecule has 0 radical (unpaired) electrons. The van der Waals surface area contributed by atoms with Crippen LogP contribution >= 0.6 is 0 Å². The van der Waals surface area contributed by atoms with Gasteiger partial charge in [-0.25, -0.2) is 0 Å². The normalized spacial score (nSPS) is 18.6. The van der Waals surface area contributed by atoms with Crippen LogP contribution in [0.2, 0.25) is 0 Å². The van der Waals surface area contributed by atoms with Gasteiger partial charge in [-0.1, -0.05) is 48.5 Å². The van der Waals surface area contributed by atoms with Crippen molar-refractivity contribution in [1.29, 1.82) is 0 Å². The fourth-order valence-corrected chi connectivity index (χ4v) is 5.94. The van der Waals surface area contributed by atoms with Crippen molar-refractivity contribution in [3.05, 3.63) is 106 Å². The molecule has 3 aliphatic rings. The van der Waals surface area contributed by atoms with Crippen LogP contribution in [0.3, 0.4) is 0 Å². The van der Waals surface area contributed by atoms with Gasteiger partial charge in [-0.15, -0.1) is 0 Å². The van der Waals surface area contributed by atoms with Crippen molar-refractivity contribution in [3.63, 3.8) is 0 Å². The number of para-hydroxylation sites is 1. The van der Waals surface area contributed by atoms with Gasteiger partial charge in [0.15, 0.2) is 11.5 Å². The third kappa shape index (κ3) is 3.28. The average Bonchev–Trinajstić information content (AvgIpc) is 3.61. The standard InChI is InChI=1S/C30H28N2O2/c1-2-9-26-24(8-1)25-14-16-32(15-4-5-20-10-11-21-6-3-7-22(21)17-20)30(29(25)31-26)23-12-13-27-28(18-23)34-19-33-27/h1-2,4,8-13,15,17-18,30-31H,3,5-7,14,16,19H2/b15-4+. The fraction of sp³-hybridized carbons (Fsp3) is 0.267. The topological polar surface area (TPSA) is 37.5 Å². The van der Waals surface area contributed by atoms with Crippen molar-refractivity contribution in [2.75, 3.05) is 13.3 Å². The molecule has 7 rings (SSSR count). The highest BCUT2D eigenvalue weighted by atomic mass is 16.7. The monoisotopic (exact) mass is 448 g/mol. The molecule has 4 heteroatoms. The van der Waals surface area contributed by atoms with Crippen molar-refractivity contribution in [2.24, 2.45) is 0 Å². The fourth-order valence-electron chi connectivity index (χ4n) is 5.94. The molecule has 0 fully saturated rings. The molecule has 170 valence electrons. The molecule has 34 heavy (non-hydrogen) atoms. The first-order valence-corrected chi connectivity index (χ1v) is 12.4. The maximum Gasteiger partial charge on any atom is 0.231 e. The van der Waals surface area contributed by atoms with Crippen molar-refractivity contribution in [1.82, 2.24) is 9.88 Å². The van der Waals surface area contributed by atoms with E-state index in [9.17, 15) is 0 Å². The van der Waals surface area contributed by atoms with E-state index in [0.29, 0.717) is 6.79 Å². The maximum atomic E-state index is 5.72. The van der Waals surface area contributed by atoms with Gasteiger partial charge in [-0.3, -0.25) is 0 Å². The molecule has 1 atom stereocenters. The molecular weight excluding hydrogens is 420 g/mol. The predicted octanol–water partition coefficient (Wildman–Crippen LogP) is 6.09. The molecule has 3 aromatic carbocycles. The van der Waals surface area contributed by atoms with E-state index in [1.165, 1.54) is 58.1 Å². The zero-order valence-electron chi connectivity index (χ0n) is 19.2. The molecule has 0 saturated heterocycles. The molecule has 0 amide bonds. The second-order valence-corrected chi connectivity index (χ2v) is 9.61. The highest BCUT2D eigenvalue weighted by Gasteiger charge is 2.31. The van der Waals surface area contributed by atoms with Gasteiger partial charge in [0.2, 0.25) is 6.79 Å². The highest BCUT2D eigenvalue weighted by molar-refractivity contribution is 5.85. The number of fused-ring (bicyclic) bond motifs is 5. The summed E-state index contributed by atoms with van der Waals surface area (Å²) in [6.45, 7) is 1.28. The van der Waals surface area contributed by atoms with Crippen molar-refractivity contribution >= 4 is 10.9 Å². The van der Waals surface area contributed by atoms with E-state index in [0.717, 1.165) is 30.9 Å². The Morgan fingerprint density at radius 3 is 2.82 bits per heavy atom. The minimum atomic E-state index is 0.113. The van der Waals surface area contributed by atoms with Gasteiger partial charge in [-0.05, 0) is 84.3 Å². The van der Waals surface area contributed by atoms with Gasteiger partial charge in [0, 0.05) is 23.1 Å². The van der Waals surface area contributed by atoms with Gasteiger partial charge in [0.25, 0.3) is 0 Å². The molecule has 1 unspecified atom stereocenters. The molecule has 2 aliphatic heterocycles. The van der Waals surface area contributed by atoms with Crippen LogP contribution in [0.25, 0.3) is 10.9 Å². The molecule has 0 spiro atoms. The van der Waals surface area contributed by atoms with Crippen LogP contribution in [-0.4, -0.2) is 23.2 Å². The van der Waals surface area contributed by atoms with E-state index >= 15 is 0 Å². The van der Waals surface area contributed by atoms with E-state index in [4.69, 9.17) is 9.47 Å². The molecule has 1 aromatic heterocycles. The minimum absolute atomic E-state index is 0.113. The quantitative estimate of drug-likeness (QED) is 0.411. The molecule has 3 heterocycles. The van der Waals surface area contributed by atoms with Crippen LogP contribution in [0.1, 0.15) is 46.0 Å². The van der Waals surface area contributed by atoms with Crippen molar-refractivity contribution in [3.8, 4) is 11.5 Å². The van der Waals surface area contributed by atoms with Gasteiger partial charge in [0.1, 0.15) is 0 Å². The minimum Gasteiger partial charge on any atom is -0.454 e. The Balaban J connectivity index is 1.24. The summed E-state index contributed by atoms with van der Waals surface area (Å²) in [5.41, 5.74) is 9.64. The molecule has 4 aromatic rings. The van der Waals surface area contributed by atoms with Crippen LogP contribution in [0.15, 0.2) is 72.9 Å². The number of aromatic amines is 1. The Hall–Kier alpha value is -3.66. The Kier molecular flexibility index (Phi) is 4.64. The lowest BCUT2D eigenvalue weighted by atomic mass is 9.92. The Labute approximate surface area is 199 Å². The Bertz CT molecular complexity index is 1420. The number of H-pyrrole nitrogens is 1. The van der Waals surface area contributed by atoms with Crippen molar-refractivity contribution < 1.29 is 9.47 Å². The Morgan fingerprint density at radius 1 is 0.912 bits per heavy atom. The van der Waals surface area contributed by atoms with E-state index in [1.807, 2.05) is 6.07 Å². The molecule has 0 bridgehead atoms. The summed E-state index contributed by atoms with van der Waals surface area (Å²) >= 11 is 0. The molecule has 1 N–H and O–H groups in total. The van der Waals surface area contributed by atoms with Crippen molar-refractivity contribution in [2.45, 2.75) is 38.1 Å². The van der Waals surface area contributed by atoms with Crippen LogP contribution < -0.4 is 9.47 Å². The summed E-state index contributed by atoms with van der Waals surface area (Å²) < 4.78 is 11.3. The summed E-state index contributed by atoms with van der Waals surface area (Å²) in [7, 11) is 0. The number of aromatic nitrogens is 1. The summed E-state index contributed by atoms with van der Waals surface area (Å²) in [4.78, 5) is 6.23. The van der Waals surface area contributed by atoms with E-state index in [1.54, 1.807) is 5.56 Å². The van der Waals surface area contributed by atoms with E-state index in [2.05, 4.69) is 76.8 Å². The SMILES string of the molecule is C(=C\N1CCc2c([nH]c3ccccc23)C1c1ccc2c(c1)OCO2)/Cc1ccc2c(c1)CCC2. The molecule has 0 saturated carbocycles. The Morgan fingerprint density at radius 2 is 1.82 bits per heavy atom. The van der Waals surface area contributed by atoms with Gasteiger partial charge >= 0.3 is 0 Å². The number of hydrogen-bond acceptors (Lipinski definition) is 3. The van der Waals surface area contributed by atoms with Gasteiger partial charge in [0.05, 0.1) is 6.04 Å². The number of rotatable bonds is 4. The average molecular weight is 449 g/mol. The van der Waals surface area contributed by atoms with Gasteiger partial charge < -0.3 is 19.4 Å². The van der Waals surface area contributed by atoms with Crippen LogP contribution in [0.4, 0.5) is 0 Å².